The van der Waals surface area contributed by atoms with Gasteiger partial charge in [-0.3, -0.25) is 9.59 Å². The predicted octanol–water partition coefficient (Wildman–Crippen LogP) is 3.92. The van der Waals surface area contributed by atoms with Crippen LogP contribution in [-0.2, 0) is 9.53 Å². The molecule has 4 rings (SSSR count). The molecule has 0 N–H and O–H groups in total. The lowest BCUT2D eigenvalue weighted by Gasteiger charge is -2.39. The number of amides is 2. The van der Waals surface area contributed by atoms with Crippen molar-refractivity contribution in [3.05, 3.63) is 46.3 Å². The summed E-state index contributed by atoms with van der Waals surface area (Å²) in [5.41, 5.74) is 1.20. The third-order valence-corrected chi connectivity index (χ3v) is 6.75. The van der Waals surface area contributed by atoms with Crippen LogP contribution >= 0.6 is 11.6 Å². The molecule has 3 heterocycles. The average Bonchev–Trinajstić information content (AvgIpc) is 3.23. The number of carbonyl (C=O) groups excluding carboxylic acids is 2. The Hall–Kier alpha value is -2.58. The van der Waals surface area contributed by atoms with Crippen LogP contribution in [0.2, 0.25) is 5.02 Å². The number of aromatic nitrogens is 1. The van der Waals surface area contributed by atoms with E-state index in [2.05, 4.69) is 5.16 Å². The van der Waals surface area contributed by atoms with Crippen LogP contribution in [0.3, 0.4) is 0 Å². The number of carbonyl (C=O) groups is 2. The normalized spacial score (nSPS) is 21.1. The van der Waals surface area contributed by atoms with E-state index in [9.17, 15) is 9.59 Å². The summed E-state index contributed by atoms with van der Waals surface area (Å²) in [5.74, 6) is 1.11. The zero-order valence-corrected chi connectivity index (χ0v) is 20.7. The summed E-state index contributed by atoms with van der Waals surface area (Å²) in [6.45, 7) is 8.99. The maximum Gasteiger partial charge on any atom is 0.259 e. The fourth-order valence-electron chi connectivity index (χ4n) is 4.60. The van der Waals surface area contributed by atoms with Gasteiger partial charge in [0, 0.05) is 50.0 Å². The van der Waals surface area contributed by atoms with Crippen molar-refractivity contribution in [2.75, 3.05) is 39.4 Å². The van der Waals surface area contributed by atoms with Crippen molar-refractivity contribution in [2.24, 2.45) is 5.92 Å². The van der Waals surface area contributed by atoms with Crippen LogP contribution in [0, 0.1) is 12.8 Å². The first-order chi connectivity index (χ1) is 16.3. The van der Waals surface area contributed by atoms with E-state index in [1.165, 1.54) is 0 Å². The molecule has 2 aliphatic rings. The maximum absolute atomic E-state index is 13.5. The Bertz CT molecular complexity index is 1000. The summed E-state index contributed by atoms with van der Waals surface area (Å²) >= 11 is 6.02. The average molecular weight is 490 g/mol. The largest absolute Gasteiger partial charge is 0.490 e. The fraction of sp³-hybridized carbons (Fsp3) is 0.560. The minimum atomic E-state index is -0.191. The zero-order chi connectivity index (χ0) is 24.2. The molecule has 0 spiro atoms. The van der Waals surface area contributed by atoms with E-state index >= 15 is 0 Å². The molecular formula is C25H32ClN3O5. The minimum absolute atomic E-state index is 0.0660. The van der Waals surface area contributed by atoms with E-state index in [1.807, 2.05) is 35.8 Å². The number of likely N-dealkylation sites (tertiary alicyclic amines) is 1. The van der Waals surface area contributed by atoms with Crippen molar-refractivity contribution in [2.45, 2.75) is 45.6 Å². The van der Waals surface area contributed by atoms with Gasteiger partial charge < -0.3 is 23.8 Å². The molecule has 2 aliphatic heterocycles. The summed E-state index contributed by atoms with van der Waals surface area (Å²) < 4.78 is 17.0. The number of halogens is 1. The Morgan fingerprint density at radius 3 is 2.53 bits per heavy atom. The quantitative estimate of drug-likeness (QED) is 0.611. The summed E-state index contributed by atoms with van der Waals surface area (Å²) in [7, 11) is 0. The molecule has 0 unspecified atom stereocenters. The summed E-state index contributed by atoms with van der Waals surface area (Å²) in [4.78, 5) is 30.2. The minimum Gasteiger partial charge on any atom is -0.490 e. The van der Waals surface area contributed by atoms with E-state index in [0.717, 1.165) is 0 Å². The number of piperidine rings is 1. The first-order valence-corrected chi connectivity index (χ1v) is 12.2. The van der Waals surface area contributed by atoms with Crippen molar-refractivity contribution in [1.29, 1.82) is 0 Å². The van der Waals surface area contributed by atoms with Gasteiger partial charge in [0.05, 0.1) is 18.9 Å². The van der Waals surface area contributed by atoms with Gasteiger partial charge in [-0.25, -0.2) is 0 Å². The molecule has 34 heavy (non-hydrogen) atoms. The van der Waals surface area contributed by atoms with E-state index < -0.39 is 0 Å². The highest BCUT2D eigenvalue weighted by Crippen LogP contribution is 2.30. The Kier molecular flexibility index (Phi) is 7.78. The Balaban J connectivity index is 1.52. The molecule has 1 aromatic carbocycles. The number of hydrogen-bond acceptors (Lipinski definition) is 6. The highest BCUT2D eigenvalue weighted by molar-refractivity contribution is 6.30. The number of morpholine rings is 1. The molecule has 8 nitrogen and oxygen atoms in total. The van der Waals surface area contributed by atoms with Crippen LogP contribution in [0.15, 0.2) is 28.8 Å². The smallest absolute Gasteiger partial charge is 0.259 e. The summed E-state index contributed by atoms with van der Waals surface area (Å²) in [6.07, 6.45) is 0.738. The SMILES string of the molecule is Cc1onc(C(C)C)c1C(=O)N1CC[C@H](Oc2ccc(Cl)cc2)[C@@H](CC(=O)N2CCOCC2)C1. The van der Waals surface area contributed by atoms with E-state index in [1.54, 1.807) is 19.1 Å². The first-order valence-electron chi connectivity index (χ1n) is 11.9. The molecule has 2 fully saturated rings. The topological polar surface area (TPSA) is 85.1 Å². The molecule has 0 radical (unpaired) electrons. The number of aryl methyl sites for hydroxylation is 1. The number of ether oxygens (including phenoxy) is 2. The summed E-state index contributed by atoms with van der Waals surface area (Å²) in [6, 6.07) is 7.23. The molecule has 184 valence electrons. The predicted molar refractivity (Wildman–Crippen MR) is 127 cm³/mol. The molecule has 9 heteroatoms. The van der Waals surface area contributed by atoms with Crippen molar-refractivity contribution >= 4 is 23.4 Å². The second-order valence-electron chi connectivity index (χ2n) is 9.26. The van der Waals surface area contributed by atoms with Crippen molar-refractivity contribution in [3.8, 4) is 5.75 Å². The lowest BCUT2D eigenvalue weighted by Crippen LogP contribution is -2.50. The van der Waals surface area contributed by atoms with E-state index in [-0.39, 0.29) is 29.8 Å². The van der Waals surface area contributed by atoms with E-state index in [4.69, 9.17) is 25.6 Å². The molecule has 0 saturated carbocycles. The van der Waals surface area contributed by atoms with Crippen LogP contribution in [-0.4, -0.2) is 72.3 Å². The monoisotopic (exact) mass is 489 g/mol. The van der Waals surface area contributed by atoms with Gasteiger partial charge >= 0.3 is 0 Å². The third-order valence-electron chi connectivity index (χ3n) is 6.50. The van der Waals surface area contributed by atoms with Gasteiger partial charge in [0.25, 0.3) is 5.91 Å². The molecule has 0 bridgehead atoms. The van der Waals surface area contributed by atoms with Gasteiger partial charge in [0.15, 0.2) is 0 Å². The number of hydrogen-bond donors (Lipinski definition) is 0. The van der Waals surface area contributed by atoms with Gasteiger partial charge in [-0.2, -0.15) is 0 Å². The number of nitrogens with zero attached hydrogens (tertiary/aromatic N) is 3. The van der Waals surface area contributed by atoms with Crippen LogP contribution < -0.4 is 4.74 Å². The van der Waals surface area contributed by atoms with Crippen LogP contribution in [0.25, 0.3) is 0 Å². The van der Waals surface area contributed by atoms with Crippen molar-refractivity contribution in [1.82, 2.24) is 15.0 Å². The third kappa shape index (κ3) is 5.55. The van der Waals surface area contributed by atoms with Crippen LogP contribution in [0.4, 0.5) is 0 Å². The van der Waals surface area contributed by atoms with Gasteiger partial charge in [0.2, 0.25) is 5.91 Å². The van der Waals surface area contributed by atoms with Crippen LogP contribution in [0.1, 0.15) is 54.4 Å². The van der Waals surface area contributed by atoms with Gasteiger partial charge in [-0.1, -0.05) is 30.6 Å². The van der Waals surface area contributed by atoms with Gasteiger partial charge in [0.1, 0.15) is 23.2 Å². The van der Waals surface area contributed by atoms with E-state index in [0.29, 0.717) is 80.0 Å². The second kappa shape index (κ2) is 10.8. The lowest BCUT2D eigenvalue weighted by molar-refractivity contribution is -0.137. The van der Waals surface area contributed by atoms with Gasteiger partial charge in [-0.15, -0.1) is 0 Å². The van der Waals surface area contributed by atoms with Crippen LogP contribution in [0.5, 0.6) is 5.75 Å². The van der Waals surface area contributed by atoms with Crippen molar-refractivity contribution in [3.63, 3.8) is 0 Å². The Labute approximate surface area is 205 Å². The lowest BCUT2D eigenvalue weighted by atomic mass is 9.90. The summed E-state index contributed by atoms with van der Waals surface area (Å²) in [5, 5.41) is 4.74. The molecule has 2 amide bonds. The molecule has 2 saturated heterocycles. The Morgan fingerprint density at radius 1 is 1.15 bits per heavy atom. The molecule has 1 aromatic heterocycles. The number of benzene rings is 1. The molecule has 2 aromatic rings. The highest BCUT2D eigenvalue weighted by atomic mass is 35.5. The first kappa shape index (κ1) is 24.5. The number of rotatable bonds is 6. The zero-order valence-electron chi connectivity index (χ0n) is 20.0. The van der Waals surface area contributed by atoms with Gasteiger partial charge in [-0.05, 0) is 37.1 Å². The molecular weight excluding hydrogens is 458 g/mol. The highest BCUT2D eigenvalue weighted by Gasteiger charge is 2.37. The van der Waals surface area contributed by atoms with Crippen molar-refractivity contribution < 1.29 is 23.6 Å². The molecule has 0 aliphatic carbocycles. The standard InChI is InChI=1S/C25H32ClN3O5/c1-16(2)24-23(17(3)34-27-24)25(31)29-9-8-21(33-20-6-4-19(26)5-7-20)18(15-29)14-22(30)28-10-12-32-13-11-28/h4-7,16,18,21H,8-15H2,1-3H3/t18-,21-/m0/s1. The fourth-order valence-corrected chi connectivity index (χ4v) is 4.73. The Morgan fingerprint density at radius 2 is 1.85 bits per heavy atom. The molecule has 2 atom stereocenters. The second-order valence-corrected chi connectivity index (χ2v) is 9.70. The maximum atomic E-state index is 13.5.